The molecule has 2 amide bonds. The maximum Gasteiger partial charge on any atom is 0.442 e. The lowest BCUT2D eigenvalue weighted by Crippen LogP contribution is -2.36. The number of rotatable bonds is 8. The topological polar surface area (TPSA) is 127 Å². The van der Waals surface area contributed by atoms with Gasteiger partial charge in [0.15, 0.2) is 0 Å². The second-order valence-electron chi connectivity index (χ2n) is 5.20. The first-order valence-electron chi connectivity index (χ1n) is 7.31. The number of methoxy groups -OCH3 is 1. The Morgan fingerprint density at radius 3 is 2.42 bits per heavy atom. The average molecular weight is 375 g/mol. The zero-order chi connectivity index (χ0) is 19.4. The fraction of sp³-hybridized carbons (Fsp3) is 0.429. The Hall–Kier alpha value is -2.73. The molecule has 1 aromatic carbocycles. The number of amides is 2. The van der Waals surface area contributed by atoms with Crippen LogP contribution in [0.25, 0.3) is 0 Å². The van der Waals surface area contributed by atoms with Crippen LogP contribution in [0.5, 0.6) is 5.75 Å². The molecule has 2 rings (SSSR count). The summed E-state index contributed by atoms with van der Waals surface area (Å²) in [5, 5.41) is 11.1. The Morgan fingerprint density at radius 2 is 1.88 bits per heavy atom. The summed E-state index contributed by atoms with van der Waals surface area (Å²) in [6.07, 6.45) is -4.67. The number of carbonyl (C=O) groups excluding carboxylic acids is 2. The molecule has 0 saturated carbocycles. The van der Waals surface area contributed by atoms with E-state index in [1.807, 2.05) is 0 Å². The van der Waals surface area contributed by atoms with Gasteiger partial charge in [0.2, 0.25) is 5.91 Å². The zero-order valence-corrected chi connectivity index (χ0v) is 13.6. The van der Waals surface area contributed by atoms with Gasteiger partial charge in [-0.2, -0.15) is 13.2 Å². The van der Waals surface area contributed by atoms with Gasteiger partial charge in [0, 0.05) is 18.7 Å². The summed E-state index contributed by atoms with van der Waals surface area (Å²) in [5.41, 5.74) is -2.80. The standard InChI is InChI=1S/C14H16F3N5O4/c1-25-10-6-8(13(21-22-13)14(15,16)17)2-3-9(10)12(24)20-5-4-19-11(23)7-26-18/h2-3,6H,4-5,7,18H2,1H3,(H,19,23)(H,20,24). The van der Waals surface area contributed by atoms with Crippen LogP contribution in [-0.4, -0.2) is 44.8 Å². The molecule has 0 atom stereocenters. The van der Waals surface area contributed by atoms with Gasteiger partial charge in [0.05, 0.1) is 12.7 Å². The predicted octanol–water partition coefficient (Wildman–Crippen LogP) is 0.612. The third-order valence-corrected chi connectivity index (χ3v) is 3.49. The van der Waals surface area contributed by atoms with E-state index in [1.165, 1.54) is 13.2 Å². The molecule has 4 N–H and O–H groups in total. The number of hydrogen-bond acceptors (Lipinski definition) is 7. The number of nitrogens with zero attached hydrogens (tertiary/aromatic N) is 2. The lowest BCUT2D eigenvalue weighted by molar-refractivity contribution is -0.166. The van der Waals surface area contributed by atoms with Crippen molar-refractivity contribution in [3.05, 3.63) is 29.3 Å². The van der Waals surface area contributed by atoms with Gasteiger partial charge >= 0.3 is 11.8 Å². The summed E-state index contributed by atoms with van der Waals surface area (Å²) in [4.78, 5) is 27.4. The quantitative estimate of drug-likeness (QED) is 0.453. The molecule has 0 saturated heterocycles. The smallest absolute Gasteiger partial charge is 0.442 e. The second kappa shape index (κ2) is 7.66. The fourth-order valence-electron chi connectivity index (χ4n) is 2.14. The van der Waals surface area contributed by atoms with Crippen molar-refractivity contribution in [3.63, 3.8) is 0 Å². The number of halogens is 3. The van der Waals surface area contributed by atoms with E-state index in [4.69, 9.17) is 10.6 Å². The maximum absolute atomic E-state index is 13.0. The number of ether oxygens (including phenoxy) is 1. The van der Waals surface area contributed by atoms with Gasteiger partial charge in [-0.1, -0.05) is 6.07 Å². The first kappa shape index (κ1) is 19.6. The summed E-state index contributed by atoms with van der Waals surface area (Å²) in [7, 11) is 1.23. The van der Waals surface area contributed by atoms with Crippen LogP contribution in [0.15, 0.2) is 28.4 Å². The van der Waals surface area contributed by atoms with E-state index in [2.05, 4.69) is 25.7 Å². The molecule has 9 nitrogen and oxygen atoms in total. The van der Waals surface area contributed by atoms with E-state index in [9.17, 15) is 22.8 Å². The van der Waals surface area contributed by atoms with E-state index in [0.29, 0.717) is 0 Å². The van der Waals surface area contributed by atoms with Gasteiger partial charge < -0.3 is 15.4 Å². The van der Waals surface area contributed by atoms with Crippen LogP contribution in [0.3, 0.4) is 0 Å². The molecule has 0 aliphatic carbocycles. The molecule has 1 aliphatic rings. The van der Waals surface area contributed by atoms with Crippen molar-refractivity contribution in [3.8, 4) is 5.75 Å². The minimum Gasteiger partial charge on any atom is -0.496 e. The SMILES string of the molecule is COc1cc(C2(C(F)(F)F)N=N2)ccc1C(=O)NCCNC(=O)CON. The Kier molecular flexibility index (Phi) is 5.77. The molecule has 0 unspecified atom stereocenters. The van der Waals surface area contributed by atoms with Crippen molar-refractivity contribution in [2.45, 2.75) is 11.8 Å². The van der Waals surface area contributed by atoms with Crippen molar-refractivity contribution in [2.75, 3.05) is 26.8 Å². The molecule has 0 fully saturated rings. The molecule has 26 heavy (non-hydrogen) atoms. The Morgan fingerprint density at radius 1 is 1.23 bits per heavy atom. The first-order valence-corrected chi connectivity index (χ1v) is 7.31. The number of carbonyl (C=O) groups is 2. The van der Waals surface area contributed by atoms with Gasteiger partial charge in [0.25, 0.3) is 5.91 Å². The van der Waals surface area contributed by atoms with Crippen molar-refractivity contribution in [2.24, 2.45) is 16.1 Å². The molecule has 0 aromatic heterocycles. The van der Waals surface area contributed by atoms with Crippen molar-refractivity contribution >= 4 is 11.8 Å². The average Bonchev–Trinajstić information content (AvgIpc) is 3.40. The van der Waals surface area contributed by atoms with Crippen LogP contribution in [0.2, 0.25) is 0 Å². The van der Waals surface area contributed by atoms with Crippen LogP contribution < -0.4 is 21.3 Å². The summed E-state index contributed by atoms with van der Waals surface area (Å²) < 4.78 is 44.1. The molecule has 0 spiro atoms. The zero-order valence-electron chi connectivity index (χ0n) is 13.6. The number of benzene rings is 1. The number of nitrogens with two attached hydrogens (primary N) is 1. The van der Waals surface area contributed by atoms with Crippen molar-refractivity contribution in [1.82, 2.24) is 10.6 Å². The van der Waals surface area contributed by atoms with Gasteiger partial charge in [-0.25, -0.2) is 5.90 Å². The molecule has 0 bridgehead atoms. The third-order valence-electron chi connectivity index (χ3n) is 3.49. The van der Waals surface area contributed by atoms with Crippen molar-refractivity contribution < 1.29 is 32.3 Å². The summed E-state index contributed by atoms with van der Waals surface area (Å²) in [6.45, 7) is -0.124. The molecule has 142 valence electrons. The highest BCUT2D eigenvalue weighted by atomic mass is 19.4. The molecule has 1 aliphatic heterocycles. The van der Waals surface area contributed by atoms with Crippen LogP contribution in [0.1, 0.15) is 15.9 Å². The predicted molar refractivity (Wildman–Crippen MR) is 81.1 cm³/mol. The van der Waals surface area contributed by atoms with Crippen LogP contribution >= 0.6 is 0 Å². The number of hydrogen-bond donors (Lipinski definition) is 3. The van der Waals surface area contributed by atoms with Gasteiger partial charge in [-0.05, 0) is 12.1 Å². The highest BCUT2D eigenvalue weighted by Crippen LogP contribution is 2.52. The monoisotopic (exact) mass is 375 g/mol. The Balaban J connectivity index is 2.01. The second-order valence-corrected chi connectivity index (χ2v) is 5.20. The van der Waals surface area contributed by atoms with Crippen LogP contribution in [0, 0.1) is 0 Å². The maximum atomic E-state index is 13.0. The highest BCUT2D eigenvalue weighted by molar-refractivity contribution is 5.97. The third kappa shape index (κ3) is 4.08. The van der Waals surface area contributed by atoms with E-state index < -0.39 is 23.7 Å². The normalized spacial score (nSPS) is 14.7. The Labute approximate surface area is 145 Å². The van der Waals surface area contributed by atoms with E-state index in [1.54, 1.807) is 0 Å². The van der Waals surface area contributed by atoms with Gasteiger partial charge in [-0.15, -0.1) is 10.2 Å². The molecule has 1 heterocycles. The molecule has 0 radical (unpaired) electrons. The number of nitrogens with one attached hydrogen (secondary N) is 2. The minimum absolute atomic E-state index is 0.0332. The fourth-order valence-corrected chi connectivity index (χ4v) is 2.14. The Bertz CT molecular complexity index is 717. The molecular weight excluding hydrogens is 359 g/mol. The minimum atomic E-state index is -4.67. The van der Waals surface area contributed by atoms with Crippen molar-refractivity contribution in [1.29, 1.82) is 0 Å². The van der Waals surface area contributed by atoms with E-state index in [-0.39, 0.29) is 36.6 Å². The molecule has 12 heteroatoms. The van der Waals surface area contributed by atoms with Crippen LogP contribution in [-0.2, 0) is 15.3 Å². The first-order chi connectivity index (χ1) is 12.2. The van der Waals surface area contributed by atoms with Gasteiger partial charge in [-0.3, -0.25) is 14.4 Å². The van der Waals surface area contributed by atoms with E-state index in [0.717, 1.165) is 12.1 Å². The summed E-state index contributed by atoms with van der Waals surface area (Å²) >= 11 is 0. The highest BCUT2D eigenvalue weighted by Gasteiger charge is 2.65. The molecule has 1 aromatic rings. The van der Waals surface area contributed by atoms with Crippen LogP contribution in [0.4, 0.5) is 13.2 Å². The van der Waals surface area contributed by atoms with E-state index >= 15 is 0 Å². The lowest BCUT2D eigenvalue weighted by atomic mass is 10.00. The molecular formula is C14H16F3N5O4. The summed E-state index contributed by atoms with van der Waals surface area (Å²) in [6, 6.07) is 3.38. The lowest BCUT2D eigenvalue weighted by Gasteiger charge is -2.17. The summed E-state index contributed by atoms with van der Waals surface area (Å²) in [5.74, 6) is 3.64. The number of alkyl halides is 3. The van der Waals surface area contributed by atoms with Gasteiger partial charge in [0.1, 0.15) is 12.4 Å². The largest absolute Gasteiger partial charge is 0.496 e.